The van der Waals surface area contributed by atoms with Crippen LogP contribution in [0.2, 0.25) is 0 Å². The molecule has 0 fully saturated rings. The monoisotopic (exact) mass is 184 g/mol. The fourth-order valence-corrected chi connectivity index (χ4v) is 1.58. The van der Waals surface area contributed by atoms with Crippen molar-refractivity contribution in [2.75, 3.05) is 19.6 Å². The Morgan fingerprint density at radius 3 is 1.92 bits per heavy atom. The summed E-state index contributed by atoms with van der Waals surface area (Å²) < 4.78 is 0. The van der Waals surface area contributed by atoms with E-state index in [0.29, 0.717) is 0 Å². The third-order valence-corrected chi connectivity index (χ3v) is 2.62. The van der Waals surface area contributed by atoms with Crippen molar-refractivity contribution >= 4 is 0 Å². The first-order chi connectivity index (χ1) is 6.35. The van der Waals surface area contributed by atoms with Crippen LogP contribution in [0.1, 0.15) is 52.4 Å². The van der Waals surface area contributed by atoms with Gasteiger partial charge in [-0.1, -0.05) is 52.9 Å². The Hall–Kier alpha value is -0.0400. The first-order valence-corrected chi connectivity index (χ1v) is 5.86. The molecule has 0 aromatic carbocycles. The average molecular weight is 184 g/mol. The van der Waals surface area contributed by atoms with E-state index in [0.717, 1.165) is 6.42 Å². The molecule has 79 valence electrons. The lowest BCUT2D eigenvalue weighted by atomic mass is 10.1. The van der Waals surface area contributed by atoms with E-state index in [1.807, 2.05) is 0 Å². The average Bonchev–Trinajstić information content (AvgIpc) is 2.17. The summed E-state index contributed by atoms with van der Waals surface area (Å²) in [4.78, 5) is 2.50. The summed E-state index contributed by atoms with van der Waals surface area (Å²) in [5.74, 6) is 0. The lowest BCUT2D eigenvalue weighted by Gasteiger charge is -2.17. The van der Waals surface area contributed by atoms with Crippen LogP contribution in [-0.2, 0) is 0 Å². The van der Waals surface area contributed by atoms with Gasteiger partial charge in [0, 0.05) is 0 Å². The molecule has 1 nitrogen and oxygen atoms in total. The van der Waals surface area contributed by atoms with Gasteiger partial charge in [-0.25, -0.2) is 0 Å². The Morgan fingerprint density at radius 1 is 0.846 bits per heavy atom. The van der Waals surface area contributed by atoms with E-state index >= 15 is 0 Å². The molecule has 1 radical (unpaired) electrons. The Morgan fingerprint density at radius 2 is 1.38 bits per heavy atom. The molecule has 0 spiro atoms. The maximum absolute atomic E-state index is 3.85. The van der Waals surface area contributed by atoms with Crippen LogP contribution >= 0.6 is 0 Å². The van der Waals surface area contributed by atoms with Crippen molar-refractivity contribution in [3.63, 3.8) is 0 Å². The van der Waals surface area contributed by atoms with Gasteiger partial charge in [0.1, 0.15) is 0 Å². The third kappa shape index (κ3) is 8.29. The molecule has 0 aliphatic carbocycles. The predicted octanol–water partition coefficient (Wildman–Crippen LogP) is 3.50. The Kier molecular flexibility index (Phi) is 10.0. The molecule has 0 aliphatic heterocycles. The highest BCUT2D eigenvalue weighted by Gasteiger charge is 1.97. The topological polar surface area (TPSA) is 3.24 Å². The Bertz CT molecular complexity index is 87.1. The number of hydrogen-bond acceptors (Lipinski definition) is 1. The molecule has 13 heavy (non-hydrogen) atoms. The predicted molar refractivity (Wildman–Crippen MR) is 60.8 cm³/mol. The van der Waals surface area contributed by atoms with Crippen LogP contribution in [0.3, 0.4) is 0 Å². The summed E-state index contributed by atoms with van der Waals surface area (Å²) in [5, 5.41) is 0. The summed E-state index contributed by atoms with van der Waals surface area (Å²) in [7, 11) is 0. The molecule has 0 aromatic rings. The fraction of sp³-hybridized carbons (Fsp3) is 0.917. The van der Waals surface area contributed by atoms with Gasteiger partial charge in [-0.2, -0.15) is 0 Å². The van der Waals surface area contributed by atoms with Crippen LogP contribution in [-0.4, -0.2) is 24.5 Å². The fourth-order valence-electron chi connectivity index (χ4n) is 1.58. The zero-order valence-corrected chi connectivity index (χ0v) is 9.52. The van der Waals surface area contributed by atoms with Gasteiger partial charge in [0.15, 0.2) is 0 Å². The van der Waals surface area contributed by atoms with Crippen LogP contribution in [0.4, 0.5) is 0 Å². The minimum absolute atomic E-state index is 1.11. The molecule has 0 saturated carbocycles. The second-order valence-corrected chi connectivity index (χ2v) is 3.65. The third-order valence-electron chi connectivity index (χ3n) is 2.62. The van der Waals surface area contributed by atoms with Crippen LogP contribution in [0.5, 0.6) is 0 Å². The largest absolute Gasteiger partial charge is 0.304 e. The van der Waals surface area contributed by atoms with E-state index in [4.69, 9.17) is 0 Å². The second-order valence-electron chi connectivity index (χ2n) is 3.65. The lowest BCUT2D eigenvalue weighted by molar-refractivity contribution is 0.295. The van der Waals surface area contributed by atoms with E-state index < -0.39 is 0 Å². The molecule has 0 saturated heterocycles. The Balaban J connectivity index is 3.05. The van der Waals surface area contributed by atoms with Crippen LogP contribution in [0.15, 0.2) is 0 Å². The molecule has 0 rings (SSSR count). The SMILES string of the molecule is [CH2]CCCCCCCN(CC)CC. The molecule has 0 bridgehead atoms. The molecule has 0 amide bonds. The van der Waals surface area contributed by atoms with Crippen molar-refractivity contribution in [1.82, 2.24) is 4.90 Å². The van der Waals surface area contributed by atoms with Gasteiger partial charge >= 0.3 is 0 Å². The van der Waals surface area contributed by atoms with E-state index in [9.17, 15) is 0 Å². The van der Waals surface area contributed by atoms with E-state index in [1.54, 1.807) is 0 Å². The zero-order chi connectivity index (χ0) is 9.94. The molecule has 0 atom stereocenters. The van der Waals surface area contributed by atoms with Crippen molar-refractivity contribution in [1.29, 1.82) is 0 Å². The van der Waals surface area contributed by atoms with E-state index in [-0.39, 0.29) is 0 Å². The highest BCUT2D eigenvalue weighted by molar-refractivity contribution is 4.53. The molecular formula is C12H26N. The van der Waals surface area contributed by atoms with Crippen molar-refractivity contribution in [3.8, 4) is 0 Å². The summed E-state index contributed by atoms with van der Waals surface area (Å²) in [5.41, 5.74) is 0. The number of unbranched alkanes of at least 4 members (excludes halogenated alkanes) is 5. The standard InChI is InChI=1S/C12H26N/c1-4-7-8-9-10-11-12-13(5-2)6-3/h1,4-12H2,2-3H3. The van der Waals surface area contributed by atoms with Gasteiger partial charge in [0.2, 0.25) is 0 Å². The van der Waals surface area contributed by atoms with Crippen molar-refractivity contribution in [2.45, 2.75) is 52.4 Å². The van der Waals surface area contributed by atoms with Gasteiger partial charge in [-0.3, -0.25) is 0 Å². The number of hydrogen-bond donors (Lipinski definition) is 0. The normalized spacial score (nSPS) is 11.1. The number of nitrogens with zero attached hydrogens (tertiary/aromatic N) is 1. The van der Waals surface area contributed by atoms with Gasteiger partial charge in [0.05, 0.1) is 0 Å². The summed E-state index contributed by atoms with van der Waals surface area (Å²) in [6.07, 6.45) is 7.97. The maximum atomic E-state index is 3.85. The van der Waals surface area contributed by atoms with Gasteiger partial charge < -0.3 is 4.90 Å². The van der Waals surface area contributed by atoms with Crippen LogP contribution in [0.25, 0.3) is 0 Å². The van der Waals surface area contributed by atoms with Gasteiger partial charge in [-0.15, -0.1) is 0 Å². The minimum atomic E-state index is 1.11. The smallest absolute Gasteiger partial charge is 0.00190 e. The second kappa shape index (κ2) is 10.0. The molecular weight excluding hydrogens is 158 g/mol. The summed E-state index contributed by atoms with van der Waals surface area (Å²) >= 11 is 0. The molecule has 1 heteroatoms. The lowest BCUT2D eigenvalue weighted by Crippen LogP contribution is -2.23. The quantitative estimate of drug-likeness (QED) is 0.496. The van der Waals surface area contributed by atoms with E-state index in [1.165, 1.54) is 51.7 Å². The van der Waals surface area contributed by atoms with Crippen molar-refractivity contribution < 1.29 is 0 Å². The molecule has 0 aliphatic rings. The minimum Gasteiger partial charge on any atom is -0.304 e. The Labute approximate surface area is 84.5 Å². The molecule has 0 N–H and O–H groups in total. The van der Waals surface area contributed by atoms with Gasteiger partial charge in [-0.05, 0) is 26.1 Å². The van der Waals surface area contributed by atoms with Crippen molar-refractivity contribution in [2.24, 2.45) is 0 Å². The van der Waals surface area contributed by atoms with Crippen molar-refractivity contribution in [3.05, 3.63) is 6.92 Å². The summed E-state index contributed by atoms with van der Waals surface area (Å²) in [6.45, 7) is 12.0. The molecule has 0 aromatic heterocycles. The molecule has 0 heterocycles. The summed E-state index contributed by atoms with van der Waals surface area (Å²) in [6, 6.07) is 0. The van der Waals surface area contributed by atoms with Crippen LogP contribution in [0, 0.1) is 6.92 Å². The highest BCUT2D eigenvalue weighted by atomic mass is 15.1. The highest BCUT2D eigenvalue weighted by Crippen LogP contribution is 2.05. The molecule has 0 unspecified atom stereocenters. The van der Waals surface area contributed by atoms with Crippen LogP contribution < -0.4 is 0 Å². The first-order valence-electron chi connectivity index (χ1n) is 5.86. The zero-order valence-electron chi connectivity index (χ0n) is 9.52. The van der Waals surface area contributed by atoms with Gasteiger partial charge in [0.25, 0.3) is 0 Å². The first kappa shape index (κ1) is 13.0. The maximum Gasteiger partial charge on any atom is -0.00190 e. The number of rotatable bonds is 9. The van der Waals surface area contributed by atoms with E-state index in [2.05, 4.69) is 25.7 Å².